The summed E-state index contributed by atoms with van der Waals surface area (Å²) < 4.78 is 0.948. The second-order valence-electron chi connectivity index (χ2n) is 4.52. The number of hydrogen-bond acceptors (Lipinski definition) is 3. The predicted octanol–water partition coefficient (Wildman–Crippen LogP) is 5.29. The Morgan fingerprint density at radius 2 is 1.83 bits per heavy atom. The van der Waals surface area contributed by atoms with Gasteiger partial charge in [-0.15, -0.1) is 0 Å². The van der Waals surface area contributed by atoms with E-state index in [2.05, 4.69) is 26.4 Å². The van der Waals surface area contributed by atoms with Crippen LogP contribution in [0.2, 0.25) is 10.0 Å². The summed E-state index contributed by atoms with van der Waals surface area (Å²) in [4.78, 5) is 16.8. The van der Waals surface area contributed by atoms with Crippen molar-refractivity contribution >= 4 is 56.9 Å². The first-order chi connectivity index (χ1) is 11.1. The van der Waals surface area contributed by atoms with Gasteiger partial charge in [0.1, 0.15) is 6.61 Å². The fourth-order valence-electron chi connectivity index (χ4n) is 1.69. The molecule has 0 saturated heterocycles. The lowest BCUT2D eigenvalue weighted by molar-refractivity contribution is -0.115. The molecule has 2 aromatic carbocycles. The van der Waals surface area contributed by atoms with Crippen LogP contribution in [0.25, 0.3) is 0 Å². The standard InChI is InChI=1S/C16H13BrCl2N2O2/c17-11-4-6-12(7-5-11)21-16(22)8-9-20-23-10-13-14(18)2-1-3-15(13)19/h1-7,9H,8,10H2,(H,21,22). The molecule has 0 heterocycles. The van der Waals surface area contributed by atoms with Gasteiger partial charge in [-0.3, -0.25) is 4.79 Å². The molecular weight excluding hydrogens is 403 g/mol. The Balaban J connectivity index is 1.76. The van der Waals surface area contributed by atoms with E-state index in [9.17, 15) is 4.79 Å². The number of nitrogens with one attached hydrogen (secondary N) is 1. The zero-order valence-corrected chi connectivity index (χ0v) is 15.0. The lowest BCUT2D eigenvalue weighted by atomic mass is 10.2. The molecule has 4 nitrogen and oxygen atoms in total. The summed E-state index contributed by atoms with van der Waals surface area (Å²) in [5, 5.41) is 7.51. The number of carbonyl (C=O) groups is 1. The third-order valence-electron chi connectivity index (χ3n) is 2.82. The highest BCUT2D eigenvalue weighted by molar-refractivity contribution is 9.10. The van der Waals surface area contributed by atoms with Crippen molar-refractivity contribution in [3.63, 3.8) is 0 Å². The zero-order valence-electron chi connectivity index (χ0n) is 11.9. The number of nitrogens with zero attached hydrogens (tertiary/aromatic N) is 1. The molecule has 0 spiro atoms. The maximum atomic E-state index is 11.7. The molecule has 0 aliphatic carbocycles. The van der Waals surface area contributed by atoms with Crippen molar-refractivity contribution in [3.05, 3.63) is 62.5 Å². The molecule has 1 N–H and O–H groups in total. The zero-order chi connectivity index (χ0) is 16.7. The number of hydrogen-bond donors (Lipinski definition) is 1. The summed E-state index contributed by atoms with van der Waals surface area (Å²) in [6.45, 7) is 0.142. The van der Waals surface area contributed by atoms with Crippen molar-refractivity contribution in [1.82, 2.24) is 0 Å². The Bertz CT molecular complexity index is 685. The highest BCUT2D eigenvalue weighted by atomic mass is 79.9. The van der Waals surface area contributed by atoms with Crippen LogP contribution in [0.15, 0.2) is 52.1 Å². The lowest BCUT2D eigenvalue weighted by Gasteiger charge is -2.05. The maximum absolute atomic E-state index is 11.7. The molecule has 2 rings (SSSR count). The van der Waals surface area contributed by atoms with Crippen molar-refractivity contribution in [1.29, 1.82) is 0 Å². The number of benzene rings is 2. The van der Waals surface area contributed by atoms with Crippen molar-refractivity contribution in [3.8, 4) is 0 Å². The molecule has 0 saturated carbocycles. The van der Waals surface area contributed by atoms with E-state index in [0.29, 0.717) is 15.6 Å². The van der Waals surface area contributed by atoms with Gasteiger partial charge in [0, 0.05) is 25.8 Å². The number of anilines is 1. The highest BCUT2D eigenvalue weighted by Crippen LogP contribution is 2.24. The molecule has 2 aromatic rings. The van der Waals surface area contributed by atoms with Gasteiger partial charge in [-0.1, -0.05) is 50.4 Å². The summed E-state index contributed by atoms with van der Waals surface area (Å²) in [6.07, 6.45) is 1.49. The summed E-state index contributed by atoms with van der Waals surface area (Å²) in [5.74, 6) is -0.185. The van der Waals surface area contributed by atoms with Crippen LogP contribution >= 0.6 is 39.1 Å². The minimum Gasteiger partial charge on any atom is -0.391 e. The van der Waals surface area contributed by atoms with Gasteiger partial charge in [-0.05, 0) is 36.4 Å². The summed E-state index contributed by atoms with van der Waals surface area (Å²) >= 11 is 15.4. The van der Waals surface area contributed by atoms with Gasteiger partial charge in [-0.25, -0.2) is 0 Å². The molecule has 7 heteroatoms. The number of carbonyl (C=O) groups excluding carboxylic acids is 1. The Labute approximate surface area is 152 Å². The second-order valence-corrected chi connectivity index (χ2v) is 6.25. The van der Waals surface area contributed by atoms with Crippen LogP contribution in [0.5, 0.6) is 0 Å². The van der Waals surface area contributed by atoms with E-state index in [1.165, 1.54) is 6.21 Å². The number of rotatable bonds is 6. The van der Waals surface area contributed by atoms with Crippen LogP contribution in [-0.2, 0) is 16.2 Å². The minimum atomic E-state index is -0.185. The number of halogens is 3. The van der Waals surface area contributed by atoms with E-state index >= 15 is 0 Å². The van der Waals surface area contributed by atoms with E-state index in [1.807, 2.05) is 12.1 Å². The first-order valence-electron chi connectivity index (χ1n) is 6.68. The molecule has 0 bridgehead atoms. The molecule has 23 heavy (non-hydrogen) atoms. The van der Waals surface area contributed by atoms with Gasteiger partial charge < -0.3 is 10.2 Å². The summed E-state index contributed by atoms with van der Waals surface area (Å²) in [6, 6.07) is 12.5. The van der Waals surface area contributed by atoms with Crippen LogP contribution in [-0.4, -0.2) is 12.1 Å². The molecule has 0 atom stereocenters. The second kappa shape index (κ2) is 8.91. The van der Waals surface area contributed by atoms with Crippen LogP contribution in [0, 0.1) is 0 Å². The molecule has 0 aliphatic rings. The van der Waals surface area contributed by atoms with Gasteiger partial charge in [0.15, 0.2) is 0 Å². The van der Waals surface area contributed by atoms with Crippen LogP contribution in [0.3, 0.4) is 0 Å². The Morgan fingerprint density at radius 3 is 2.48 bits per heavy atom. The van der Waals surface area contributed by atoms with Crippen molar-refractivity contribution in [2.75, 3.05) is 5.32 Å². The molecule has 1 amide bonds. The highest BCUT2D eigenvalue weighted by Gasteiger charge is 2.05. The topological polar surface area (TPSA) is 50.7 Å². The van der Waals surface area contributed by atoms with Gasteiger partial charge >= 0.3 is 0 Å². The predicted molar refractivity (Wildman–Crippen MR) is 97.1 cm³/mol. The first-order valence-corrected chi connectivity index (χ1v) is 8.23. The average Bonchev–Trinajstić information content (AvgIpc) is 2.52. The minimum absolute atomic E-state index is 0.103. The van der Waals surface area contributed by atoms with E-state index in [0.717, 1.165) is 10.2 Å². The fraction of sp³-hybridized carbons (Fsp3) is 0.125. The summed E-state index contributed by atoms with van der Waals surface area (Å²) in [5.41, 5.74) is 1.38. The van der Waals surface area contributed by atoms with Gasteiger partial charge in [0.25, 0.3) is 0 Å². The quantitative estimate of drug-likeness (QED) is 0.514. The average molecular weight is 416 g/mol. The molecule has 0 unspecified atom stereocenters. The Morgan fingerprint density at radius 1 is 1.17 bits per heavy atom. The largest absolute Gasteiger partial charge is 0.391 e. The normalized spacial score (nSPS) is 10.7. The van der Waals surface area contributed by atoms with Gasteiger partial charge in [0.2, 0.25) is 5.91 Å². The first kappa shape index (κ1) is 17.8. The van der Waals surface area contributed by atoms with Gasteiger partial charge in [-0.2, -0.15) is 0 Å². The Kier molecular flexibility index (Phi) is 6.89. The Hall–Kier alpha value is -1.56. The summed E-state index contributed by atoms with van der Waals surface area (Å²) in [7, 11) is 0. The maximum Gasteiger partial charge on any atom is 0.229 e. The third kappa shape index (κ3) is 5.86. The van der Waals surface area contributed by atoms with Crippen LogP contribution in [0.4, 0.5) is 5.69 Å². The molecular formula is C16H13BrCl2N2O2. The van der Waals surface area contributed by atoms with E-state index in [-0.39, 0.29) is 18.9 Å². The van der Waals surface area contributed by atoms with Crippen molar-refractivity contribution in [2.45, 2.75) is 13.0 Å². The molecule has 0 radical (unpaired) electrons. The SMILES string of the molecule is O=C(CC=NOCc1c(Cl)cccc1Cl)Nc1ccc(Br)cc1. The fourth-order valence-corrected chi connectivity index (χ4v) is 2.46. The van der Waals surface area contributed by atoms with Gasteiger partial charge in [0.05, 0.1) is 12.6 Å². The monoisotopic (exact) mass is 414 g/mol. The smallest absolute Gasteiger partial charge is 0.229 e. The van der Waals surface area contributed by atoms with Crippen molar-refractivity contribution in [2.24, 2.45) is 5.16 Å². The van der Waals surface area contributed by atoms with Crippen LogP contribution < -0.4 is 5.32 Å². The molecule has 0 aliphatic heterocycles. The lowest BCUT2D eigenvalue weighted by Crippen LogP contribution is -2.11. The van der Waals surface area contributed by atoms with Crippen molar-refractivity contribution < 1.29 is 9.63 Å². The van der Waals surface area contributed by atoms with E-state index in [4.69, 9.17) is 28.0 Å². The molecule has 0 aromatic heterocycles. The van der Waals surface area contributed by atoms with E-state index < -0.39 is 0 Å². The number of oxime groups is 1. The van der Waals surface area contributed by atoms with E-state index in [1.54, 1.807) is 30.3 Å². The molecule has 120 valence electrons. The van der Waals surface area contributed by atoms with Crippen LogP contribution in [0.1, 0.15) is 12.0 Å². The number of amides is 1. The molecule has 0 fully saturated rings. The third-order valence-corrected chi connectivity index (χ3v) is 4.06.